The molecule has 0 unspecified atom stereocenters. The van der Waals surface area contributed by atoms with Crippen LogP contribution in [-0.2, 0) is 0 Å². The van der Waals surface area contributed by atoms with E-state index >= 15 is 0 Å². The van der Waals surface area contributed by atoms with Crippen LogP contribution in [-0.4, -0.2) is 18.2 Å². The first-order chi connectivity index (χ1) is 8.13. The molecule has 0 spiro atoms. The van der Waals surface area contributed by atoms with Crippen molar-refractivity contribution in [1.82, 2.24) is 5.27 Å². The number of ether oxygens (including phenoxy) is 1. The van der Waals surface area contributed by atoms with Gasteiger partial charge in [0.25, 0.3) is 0 Å². The maximum absolute atomic E-state index is 11.3. The average Bonchev–Trinajstić information content (AvgIpc) is 2.71. The smallest absolute Gasteiger partial charge is 0.438 e. The highest BCUT2D eigenvalue weighted by molar-refractivity contribution is 5.90. The zero-order chi connectivity index (χ0) is 12.4. The minimum atomic E-state index is -0.687. The van der Waals surface area contributed by atoms with Crippen molar-refractivity contribution >= 4 is 5.78 Å². The zero-order valence-corrected chi connectivity index (χ0v) is 9.39. The molecule has 0 atom stereocenters. The molecule has 2 rings (SSSR count). The predicted octanol–water partition coefficient (Wildman–Crippen LogP) is 0.456. The van der Waals surface area contributed by atoms with Crippen LogP contribution in [0, 0.1) is 0 Å². The highest BCUT2D eigenvalue weighted by Crippen LogP contribution is 2.10. The lowest BCUT2D eigenvalue weighted by atomic mass is 10.2. The largest absolute Gasteiger partial charge is 0.497 e. The normalized spacial score (nSPS) is 10.2. The number of ketones is 1. The van der Waals surface area contributed by atoms with Crippen molar-refractivity contribution in [3.8, 4) is 11.4 Å². The fourth-order valence-electron chi connectivity index (χ4n) is 1.49. The van der Waals surface area contributed by atoms with Crippen LogP contribution in [0.3, 0.4) is 0 Å². The molecule has 0 aliphatic heterocycles. The third-order valence-electron chi connectivity index (χ3n) is 2.31. The van der Waals surface area contributed by atoms with Crippen LogP contribution in [0.1, 0.15) is 17.4 Å². The topological polar surface area (TPSA) is 76.2 Å². The SMILES string of the molecule is COc1ccc(-[n+]2[nH]oc(=O)c2C(C)=O)cc1. The van der Waals surface area contributed by atoms with Gasteiger partial charge >= 0.3 is 11.3 Å². The fourth-order valence-corrected chi connectivity index (χ4v) is 1.49. The van der Waals surface area contributed by atoms with E-state index in [2.05, 4.69) is 9.79 Å². The first kappa shape index (κ1) is 11.1. The summed E-state index contributed by atoms with van der Waals surface area (Å²) in [6.07, 6.45) is 0. The van der Waals surface area contributed by atoms with Crippen molar-refractivity contribution in [1.29, 1.82) is 0 Å². The summed E-state index contributed by atoms with van der Waals surface area (Å²) in [6, 6.07) is 6.85. The number of hydrogen-bond acceptors (Lipinski definition) is 4. The molecule has 0 saturated carbocycles. The molecular formula is C11H11N2O4+. The van der Waals surface area contributed by atoms with Crippen LogP contribution >= 0.6 is 0 Å². The van der Waals surface area contributed by atoms with Gasteiger partial charge in [-0.1, -0.05) is 0 Å². The van der Waals surface area contributed by atoms with Crippen molar-refractivity contribution < 1.29 is 18.7 Å². The molecule has 6 heteroatoms. The van der Waals surface area contributed by atoms with Gasteiger partial charge in [0.15, 0.2) is 0 Å². The molecular weight excluding hydrogens is 224 g/mol. The number of carbonyl (C=O) groups excluding carboxylic acids is 1. The van der Waals surface area contributed by atoms with Crippen LogP contribution in [0.2, 0.25) is 0 Å². The Morgan fingerprint density at radius 3 is 2.53 bits per heavy atom. The van der Waals surface area contributed by atoms with E-state index in [9.17, 15) is 9.59 Å². The van der Waals surface area contributed by atoms with Gasteiger partial charge in [-0.3, -0.25) is 9.32 Å². The third-order valence-corrected chi connectivity index (χ3v) is 2.31. The summed E-state index contributed by atoms with van der Waals surface area (Å²) < 4.78 is 10.9. The molecule has 0 fully saturated rings. The summed E-state index contributed by atoms with van der Waals surface area (Å²) in [5.41, 5.74) is -0.120. The molecule has 0 amide bonds. The Kier molecular flexibility index (Phi) is 2.78. The molecule has 1 aromatic heterocycles. The number of benzene rings is 1. The van der Waals surface area contributed by atoms with Crippen molar-refractivity contribution in [2.24, 2.45) is 0 Å². The molecule has 0 saturated heterocycles. The number of H-pyrrole nitrogens is 1. The van der Waals surface area contributed by atoms with Crippen LogP contribution in [0.15, 0.2) is 33.6 Å². The number of rotatable bonds is 3. The Morgan fingerprint density at radius 1 is 1.35 bits per heavy atom. The second kappa shape index (κ2) is 4.25. The summed E-state index contributed by atoms with van der Waals surface area (Å²) in [6.45, 7) is 1.31. The maximum Gasteiger partial charge on any atom is 0.438 e. The standard InChI is InChI=1S/C11H10N2O4/c1-7(14)10-11(15)17-12-13(10)8-3-5-9(16-2)6-4-8/h3-6H,1-2H3/p+1. The van der Waals surface area contributed by atoms with E-state index in [0.29, 0.717) is 11.4 Å². The van der Waals surface area contributed by atoms with E-state index in [1.165, 1.54) is 11.6 Å². The van der Waals surface area contributed by atoms with Gasteiger partial charge in [0.1, 0.15) is 5.75 Å². The molecule has 0 aliphatic rings. The minimum absolute atomic E-state index is 0.0461. The Bertz CT molecular complexity index is 595. The van der Waals surface area contributed by atoms with Crippen molar-refractivity contribution in [3.05, 3.63) is 40.4 Å². The van der Waals surface area contributed by atoms with Crippen LogP contribution in [0.5, 0.6) is 5.75 Å². The number of hydrogen-bond donors (Lipinski definition) is 1. The van der Waals surface area contributed by atoms with Gasteiger partial charge < -0.3 is 4.74 Å². The van der Waals surface area contributed by atoms with Gasteiger partial charge in [-0.2, -0.15) is 0 Å². The van der Waals surface area contributed by atoms with E-state index in [1.807, 2.05) is 0 Å². The first-order valence-electron chi connectivity index (χ1n) is 4.92. The zero-order valence-electron chi connectivity index (χ0n) is 9.39. The van der Waals surface area contributed by atoms with E-state index in [-0.39, 0.29) is 11.5 Å². The molecule has 17 heavy (non-hydrogen) atoms. The van der Waals surface area contributed by atoms with Crippen molar-refractivity contribution in [2.45, 2.75) is 6.92 Å². The summed E-state index contributed by atoms with van der Waals surface area (Å²) >= 11 is 0. The fraction of sp³-hybridized carbons (Fsp3) is 0.182. The molecule has 6 nitrogen and oxygen atoms in total. The Labute approximate surface area is 96.4 Å². The van der Waals surface area contributed by atoms with E-state index in [0.717, 1.165) is 0 Å². The van der Waals surface area contributed by atoms with E-state index in [1.54, 1.807) is 31.4 Å². The molecule has 88 valence electrons. The predicted molar refractivity (Wildman–Crippen MR) is 57.4 cm³/mol. The van der Waals surface area contributed by atoms with E-state index in [4.69, 9.17) is 4.74 Å². The van der Waals surface area contributed by atoms with Gasteiger partial charge in [0.2, 0.25) is 11.5 Å². The van der Waals surface area contributed by atoms with Crippen LogP contribution < -0.4 is 15.0 Å². The maximum atomic E-state index is 11.3. The van der Waals surface area contributed by atoms with Crippen LogP contribution in [0.25, 0.3) is 5.69 Å². The lowest BCUT2D eigenvalue weighted by Crippen LogP contribution is -2.40. The summed E-state index contributed by atoms with van der Waals surface area (Å²) in [7, 11) is 1.56. The van der Waals surface area contributed by atoms with Gasteiger partial charge in [0.05, 0.1) is 7.11 Å². The molecule has 2 aromatic rings. The third kappa shape index (κ3) is 1.96. The molecule has 1 heterocycles. The number of carbonyl (C=O) groups is 1. The number of aromatic amines is 1. The average molecular weight is 235 g/mol. The van der Waals surface area contributed by atoms with Gasteiger partial charge in [-0.05, 0) is 22.1 Å². The lowest BCUT2D eigenvalue weighted by Gasteiger charge is -1.97. The molecule has 1 aromatic carbocycles. The second-order valence-electron chi connectivity index (χ2n) is 3.42. The van der Waals surface area contributed by atoms with Crippen molar-refractivity contribution in [3.63, 3.8) is 0 Å². The second-order valence-corrected chi connectivity index (χ2v) is 3.42. The minimum Gasteiger partial charge on any atom is -0.497 e. The lowest BCUT2D eigenvalue weighted by molar-refractivity contribution is -0.672. The number of nitrogens with zero attached hydrogens (tertiary/aromatic N) is 1. The summed E-state index contributed by atoms with van der Waals surface area (Å²) in [4.78, 5) is 22.6. The van der Waals surface area contributed by atoms with E-state index < -0.39 is 5.63 Å². The molecule has 0 bridgehead atoms. The quantitative estimate of drug-likeness (QED) is 0.619. The molecule has 0 aliphatic carbocycles. The first-order valence-corrected chi connectivity index (χ1v) is 4.92. The number of nitrogens with one attached hydrogen (secondary N) is 1. The molecule has 1 N–H and O–H groups in total. The highest BCUT2D eigenvalue weighted by Gasteiger charge is 2.27. The van der Waals surface area contributed by atoms with Gasteiger partial charge in [0, 0.05) is 19.1 Å². The Morgan fingerprint density at radius 2 is 2.00 bits per heavy atom. The number of Topliss-reactive ketones (excluding diaryl/α,β-unsaturated/α-hetero) is 1. The van der Waals surface area contributed by atoms with Crippen LogP contribution in [0.4, 0.5) is 0 Å². The molecule has 0 radical (unpaired) electrons. The summed E-state index contributed by atoms with van der Waals surface area (Å²) in [5, 5.41) is 2.38. The Hall–Kier alpha value is -2.37. The van der Waals surface area contributed by atoms with Gasteiger partial charge in [-0.15, -0.1) is 0 Å². The number of aromatic nitrogens is 2. The van der Waals surface area contributed by atoms with Gasteiger partial charge in [-0.25, -0.2) is 4.79 Å². The highest BCUT2D eigenvalue weighted by atomic mass is 16.5. The monoisotopic (exact) mass is 235 g/mol. The number of methoxy groups -OCH3 is 1. The van der Waals surface area contributed by atoms with Crippen molar-refractivity contribution in [2.75, 3.05) is 7.11 Å². The Balaban J connectivity index is 2.53. The summed E-state index contributed by atoms with van der Waals surface area (Å²) in [5.74, 6) is 0.320.